The Labute approximate surface area is 397 Å². The fourth-order valence-electron chi connectivity index (χ4n) is 8.63. The zero-order chi connectivity index (χ0) is 40.6. The van der Waals surface area contributed by atoms with Gasteiger partial charge in [-0.2, -0.15) is 0 Å². The van der Waals surface area contributed by atoms with E-state index in [1.807, 2.05) is 18.2 Å². The molecule has 0 aromatic heterocycles. The number of benzene rings is 8. The third kappa shape index (κ3) is 10.1. The Hall–Kier alpha value is -4.56. The maximum absolute atomic E-state index is 7.45. The molecule has 8 aromatic rings. The second-order valence-corrected chi connectivity index (χ2v) is 25.4. The molecule has 0 N–H and O–H groups in total. The third-order valence-corrected chi connectivity index (χ3v) is 22.0. The summed E-state index contributed by atoms with van der Waals surface area (Å²) in [7, 11) is -3.25. The normalized spacial score (nSPS) is 11.9. The molecule has 61 heavy (non-hydrogen) atoms. The van der Waals surface area contributed by atoms with Crippen LogP contribution in [0.25, 0.3) is 22.3 Å². The van der Waals surface area contributed by atoms with Gasteiger partial charge < -0.3 is 12.8 Å². The van der Waals surface area contributed by atoms with Gasteiger partial charge in [-0.3, -0.25) is 11.8 Å². The zero-order valence-corrected chi connectivity index (χ0v) is 41.5. The van der Waals surface area contributed by atoms with Gasteiger partial charge in [0.15, 0.2) is 5.90 Å². The molecule has 1 heterocycles. The molecule has 304 valence electrons. The minimum Gasteiger partial charge on any atom is -0.366 e. The van der Waals surface area contributed by atoms with Gasteiger partial charge in [0.2, 0.25) is 0 Å². The Morgan fingerprint density at radius 3 is 1.28 bits per heavy atom. The quantitative estimate of drug-likeness (QED) is 0.0674. The largest absolute Gasteiger partial charge is 1.00 e. The van der Waals surface area contributed by atoms with Gasteiger partial charge in [-0.25, -0.2) is 0 Å². The van der Waals surface area contributed by atoms with Gasteiger partial charge in [0.05, 0.1) is 0 Å². The van der Waals surface area contributed by atoms with Crippen molar-refractivity contribution in [3.8, 4) is 34.1 Å². The van der Waals surface area contributed by atoms with E-state index in [1.165, 1.54) is 70.9 Å². The summed E-state index contributed by atoms with van der Waals surface area (Å²) in [6.45, 7) is 4.76. The first-order valence-electron chi connectivity index (χ1n) is 20.2. The molecular formula is C56H46Au2P2Si+2. The van der Waals surface area contributed by atoms with Crippen LogP contribution in [-0.4, -0.2) is 14.0 Å². The molecule has 0 unspecified atom stereocenters. The van der Waals surface area contributed by atoms with Crippen LogP contribution < -0.4 is 31.6 Å². The molecule has 0 bridgehead atoms. The molecule has 0 spiro atoms. The summed E-state index contributed by atoms with van der Waals surface area (Å²) in [4.78, 5) is 0. The molecule has 2 aliphatic rings. The molecule has 0 atom stereocenters. The van der Waals surface area contributed by atoms with Gasteiger partial charge in [-0.15, -0.1) is 23.3 Å². The molecule has 1 aliphatic heterocycles. The molecule has 1 aliphatic carbocycles. The summed E-state index contributed by atoms with van der Waals surface area (Å²) >= 11 is 0. The van der Waals surface area contributed by atoms with Crippen LogP contribution in [0.1, 0.15) is 22.3 Å². The van der Waals surface area contributed by atoms with E-state index >= 15 is 0 Å². The fraction of sp³-hybridized carbons (Fsp3) is 0.0714. The zero-order valence-electron chi connectivity index (χ0n) is 34.1. The van der Waals surface area contributed by atoms with Crippen molar-refractivity contribution in [3.05, 3.63) is 241 Å². The van der Waals surface area contributed by atoms with Crippen LogP contribution in [0.5, 0.6) is 0 Å². The van der Waals surface area contributed by atoms with E-state index in [9.17, 15) is 0 Å². The SMILES string of the molecule is [Au+].[Au+].[C-]#Cc1cccc2c1-c1ccccc1C2.[C-]#Cc1cccc2c1-c1ccccc1[Si]2(C)C.c1ccc([PH+](C[PH+](c2ccccc2)c2ccccc2)c2ccccc2)cc1. The van der Waals surface area contributed by atoms with Gasteiger partial charge in [0.1, 0.15) is 45.1 Å². The number of hydrogen-bond acceptors (Lipinski definition) is 0. The predicted octanol–water partition coefficient (Wildman–Crippen LogP) is 10.3. The Kier molecular flexibility index (Phi) is 16.2. The van der Waals surface area contributed by atoms with E-state index in [0.717, 1.165) is 17.5 Å². The van der Waals surface area contributed by atoms with Crippen LogP contribution >= 0.6 is 15.8 Å². The molecule has 0 saturated heterocycles. The smallest absolute Gasteiger partial charge is 0.366 e. The first-order valence-corrected chi connectivity index (χ1v) is 26.6. The minimum absolute atomic E-state index is 0. The average molecular weight is 1200 g/mol. The van der Waals surface area contributed by atoms with Crippen molar-refractivity contribution in [1.29, 1.82) is 0 Å². The monoisotopic (exact) mass is 1200 g/mol. The Morgan fingerprint density at radius 1 is 0.410 bits per heavy atom. The van der Waals surface area contributed by atoms with E-state index < -0.39 is 23.9 Å². The molecule has 0 radical (unpaired) electrons. The topological polar surface area (TPSA) is 0 Å². The van der Waals surface area contributed by atoms with Gasteiger partial charge >= 0.3 is 44.8 Å². The molecule has 0 nitrogen and oxygen atoms in total. The summed E-state index contributed by atoms with van der Waals surface area (Å²) in [6, 6.07) is 73.8. The Morgan fingerprint density at radius 2 is 0.787 bits per heavy atom. The molecule has 0 fully saturated rings. The second-order valence-electron chi connectivity index (χ2n) is 15.4. The van der Waals surface area contributed by atoms with E-state index in [0.29, 0.717) is 0 Å². The number of rotatable bonds is 6. The van der Waals surface area contributed by atoms with Crippen molar-refractivity contribution in [2.75, 3.05) is 5.90 Å². The van der Waals surface area contributed by atoms with Crippen molar-refractivity contribution >= 4 is 55.5 Å². The first-order chi connectivity index (χ1) is 29.0. The van der Waals surface area contributed by atoms with Gasteiger partial charge in [-0.05, 0) is 76.8 Å². The van der Waals surface area contributed by atoms with E-state index in [2.05, 4.69) is 213 Å². The summed E-state index contributed by atoms with van der Waals surface area (Å²) in [5.41, 5.74) is 9.52. The van der Waals surface area contributed by atoms with Gasteiger partial charge in [0, 0.05) is 0 Å². The Balaban J connectivity index is 0.000000159. The van der Waals surface area contributed by atoms with Gasteiger partial charge in [-0.1, -0.05) is 181 Å². The molecule has 10 rings (SSSR count). The van der Waals surface area contributed by atoms with Crippen molar-refractivity contribution in [1.82, 2.24) is 0 Å². The van der Waals surface area contributed by atoms with Crippen LogP contribution in [0.15, 0.2) is 206 Å². The van der Waals surface area contributed by atoms with Crippen LogP contribution in [-0.2, 0) is 51.2 Å². The Bertz CT molecular complexity index is 2620. The standard InChI is InChI=1S/C25H22P2.C16H13Si.C15H9.2Au/c1-5-13-22(14-6-1)26(23-15-7-2-8-16-23)21-27(24-17-9-3-10-18-24)25-19-11-4-12-20-25;1-4-12-8-7-11-15-16(12)13-9-5-6-10-14(13)17(15,2)3;1-2-11-7-5-8-13-10-12-6-3-4-9-14(12)15(11)13;;/h1-20H,21H2;5-11H,2-3H3;3-9H,10H2;;/q;2*-1;2*+1/p+2. The maximum Gasteiger partial charge on any atom is 1.00 e. The first kappa shape index (κ1) is 46.0. The molecule has 0 saturated carbocycles. The van der Waals surface area contributed by atoms with Crippen molar-refractivity contribution in [3.63, 3.8) is 0 Å². The maximum atomic E-state index is 7.45. The summed E-state index contributed by atoms with van der Waals surface area (Å²) in [5.74, 6) is 6.34. The van der Waals surface area contributed by atoms with Crippen LogP contribution in [0.3, 0.4) is 0 Å². The van der Waals surface area contributed by atoms with E-state index in [-0.39, 0.29) is 44.8 Å². The molecular weight excluding hydrogens is 1160 g/mol. The van der Waals surface area contributed by atoms with E-state index in [4.69, 9.17) is 12.8 Å². The van der Waals surface area contributed by atoms with Crippen molar-refractivity contribution in [2.45, 2.75) is 19.5 Å². The van der Waals surface area contributed by atoms with Crippen molar-refractivity contribution in [2.24, 2.45) is 0 Å². The minimum atomic E-state index is -1.55. The second kappa shape index (κ2) is 21.5. The molecule has 0 amide bonds. The molecule has 8 aromatic carbocycles. The predicted molar refractivity (Wildman–Crippen MR) is 262 cm³/mol. The summed E-state index contributed by atoms with van der Waals surface area (Å²) < 4.78 is 0. The summed E-state index contributed by atoms with van der Waals surface area (Å²) in [5, 5.41) is 8.94. The van der Waals surface area contributed by atoms with Crippen LogP contribution in [0, 0.1) is 24.7 Å². The third-order valence-electron chi connectivity index (χ3n) is 11.5. The van der Waals surface area contributed by atoms with Crippen molar-refractivity contribution < 1.29 is 44.8 Å². The van der Waals surface area contributed by atoms with Crippen LogP contribution in [0.4, 0.5) is 0 Å². The van der Waals surface area contributed by atoms with Gasteiger partial charge in [0.25, 0.3) is 0 Å². The summed E-state index contributed by atoms with van der Waals surface area (Å²) in [6.07, 6.45) is 15.7. The molecule has 5 heteroatoms. The number of hydrogen-bond donors (Lipinski definition) is 0. The van der Waals surface area contributed by atoms with E-state index in [1.54, 1.807) is 0 Å². The van der Waals surface area contributed by atoms with Crippen LogP contribution in [0.2, 0.25) is 13.1 Å². The fourth-order valence-corrected chi connectivity index (χ4v) is 19.4. The average Bonchev–Trinajstić information content (AvgIpc) is 3.80. The number of fused-ring (bicyclic) bond motifs is 6.